The average molecular weight is 367 g/mol. The van der Waals surface area contributed by atoms with Gasteiger partial charge in [0.2, 0.25) is 0 Å². The Bertz CT molecular complexity index is 776. The first-order chi connectivity index (χ1) is 11.7. The Morgan fingerprint density at radius 2 is 2.20 bits per heavy atom. The molecule has 1 aliphatic heterocycles. The number of ether oxygens (including phenoxy) is 1. The third-order valence-corrected chi connectivity index (χ3v) is 4.56. The Balaban J connectivity index is 0.00000182. The van der Waals surface area contributed by atoms with Crippen molar-refractivity contribution in [3.05, 3.63) is 41.0 Å². The SMILES string of the molecule is Cl.O=C(Nc1ccc(OC2CCC2)c(F)c1)c1n[nH]c2c1CNCC2. The molecule has 1 fully saturated rings. The molecule has 1 aromatic carbocycles. The van der Waals surface area contributed by atoms with E-state index < -0.39 is 5.82 Å². The summed E-state index contributed by atoms with van der Waals surface area (Å²) in [6, 6.07) is 4.49. The Labute approximate surface area is 150 Å². The van der Waals surface area contributed by atoms with E-state index in [1.165, 1.54) is 6.07 Å². The van der Waals surface area contributed by atoms with Gasteiger partial charge in [0.1, 0.15) is 0 Å². The normalized spacial score (nSPS) is 16.4. The van der Waals surface area contributed by atoms with Crippen LogP contribution in [0.4, 0.5) is 10.1 Å². The minimum atomic E-state index is -0.467. The Morgan fingerprint density at radius 1 is 1.36 bits per heavy atom. The molecule has 0 spiro atoms. The van der Waals surface area contributed by atoms with Crippen LogP contribution in [0.3, 0.4) is 0 Å². The van der Waals surface area contributed by atoms with E-state index in [4.69, 9.17) is 4.74 Å². The summed E-state index contributed by atoms with van der Waals surface area (Å²) in [6.45, 7) is 1.47. The molecule has 1 amide bonds. The summed E-state index contributed by atoms with van der Waals surface area (Å²) in [5, 5.41) is 12.9. The number of carbonyl (C=O) groups is 1. The van der Waals surface area contributed by atoms with Gasteiger partial charge in [-0.3, -0.25) is 9.89 Å². The molecule has 0 unspecified atom stereocenters. The van der Waals surface area contributed by atoms with Crippen LogP contribution in [0.25, 0.3) is 0 Å². The molecule has 134 valence electrons. The molecule has 8 heteroatoms. The maximum atomic E-state index is 14.1. The van der Waals surface area contributed by atoms with Gasteiger partial charge in [-0.1, -0.05) is 0 Å². The summed E-state index contributed by atoms with van der Waals surface area (Å²) < 4.78 is 19.7. The van der Waals surface area contributed by atoms with Gasteiger partial charge in [0.25, 0.3) is 5.91 Å². The number of benzene rings is 1. The summed E-state index contributed by atoms with van der Waals surface area (Å²) in [7, 11) is 0. The standard InChI is InChI=1S/C17H19FN4O2.ClH/c18-13-8-10(4-5-15(13)24-11-2-1-3-11)20-17(23)16-12-9-19-7-6-14(12)21-22-16;/h4-5,8,11,19H,1-3,6-7,9H2,(H,20,23)(H,21,22);1H. The maximum Gasteiger partial charge on any atom is 0.276 e. The third kappa shape index (κ3) is 3.62. The molecule has 25 heavy (non-hydrogen) atoms. The van der Waals surface area contributed by atoms with Crippen molar-refractivity contribution in [2.75, 3.05) is 11.9 Å². The molecule has 6 nitrogen and oxygen atoms in total. The van der Waals surface area contributed by atoms with E-state index in [-0.39, 0.29) is 30.2 Å². The molecule has 4 rings (SSSR count). The number of aromatic nitrogens is 2. The number of amides is 1. The topological polar surface area (TPSA) is 79.0 Å². The molecule has 0 bridgehead atoms. The molecule has 1 aromatic heterocycles. The zero-order chi connectivity index (χ0) is 16.5. The van der Waals surface area contributed by atoms with Crippen LogP contribution in [0.15, 0.2) is 18.2 Å². The van der Waals surface area contributed by atoms with Crippen LogP contribution >= 0.6 is 12.4 Å². The van der Waals surface area contributed by atoms with Crippen molar-refractivity contribution in [1.82, 2.24) is 15.5 Å². The molecular weight excluding hydrogens is 347 g/mol. The number of halogens is 2. The molecule has 2 aromatic rings. The number of rotatable bonds is 4. The number of nitrogens with one attached hydrogen (secondary N) is 3. The second-order valence-corrected chi connectivity index (χ2v) is 6.23. The van der Waals surface area contributed by atoms with E-state index in [0.717, 1.165) is 43.5 Å². The fraction of sp³-hybridized carbons (Fsp3) is 0.412. The highest BCUT2D eigenvalue weighted by atomic mass is 35.5. The maximum absolute atomic E-state index is 14.1. The van der Waals surface area contributed by atoms with Crippen molar-refractivity contribution in [2.45, 2.75) is 38.3 Å². The summed E-state index contributed by atoms with van der Waals surface area (Å²) in [4.78, 5) is 12.4. The van der Waals surface area contributed by atoms with Gasteiger partial charge in [-0.05, 0) is 31.4 Å². The Morgan fingerprint density at radius 3 is 2.92 bits per heavy atom. The lowest BCUT2D eigenvalue weighted by Crippen LogP contribution is -2.25. The monoisotopic (exact) mass is 366 g/mol. The predicted molar refractivity (Wildman–Crippen MR) is 93.9 cm³/mol. The first kappa shape index (κ1) is 17.7. The van der Waals surface area contributed by atoms with Gasteiger partial charge < -0.3 is 15.4 Å². The minimum Gasteiger partial charge on any atom is -0.487 e. The fourth-order valence-corrected chi connectivity index (χ4v) is 2.95. The van der Waals surface area contributed by atoms with Gasteiger partial charge in [-0.2, -0.15) is 5.10 Å². The Hall–Kier alpha value is -2.12. The highest BCUT2D eigenvalue weighted by Crippen LogP contribution is 2.28. The average Bonchev–Trinajstić information content (AvgIpc) is 2.96. The van der Waals surface area contributed by atoms with E-state index in [2.05, 4.69) is 20.8 Å². The van der Waals surface area contributed by atoms with Crippen LogP contribution in [0, 0.1) is 5.82 Å². The lowest BCUT2D eigenvalue weighted by atomic mass is 9.96. The molecule has 1 aliphatic carbocycles. The Kier molecular flexibility index (Phi) is 5.24. The van der Waals surface area contributed by atoms with Crippen molar-refractivity contribution in [3.8, 4) is 5.75 Å². The minimum absolute atomic E-state index is 0. The number of aromatic amines is 1. The predicted octanol–water partition coefficient (Wildman–Crippen LogP) is 2.80. The van der Waals surface area contributed by atoms with Gasteiger partial charge >= 0.3 is 0 Å². The van der Waals surface area contributed by atoms with Crippen molar-refractivity contribution >= 4 is 24.0 Å². The summed E-state index contributed by atoms with van der Waals surface area (Å²) in [5.74, 6) is -0.576. The summed E-state index contributed by atoms with van der Waals surface area (Å²) in [5.41, 5.74) is 2.60. The van der Waals surface area contributed by atoms with Crippen molar-refractivity contribution in [1.29, 1.82) is 0 Å². The van der Waals surface area contributed by atoms with Crippen LogP contribution in [-0.4, -0.2) is 28.8 Å². The zero-order valence-corrected chi connectivity index (χ0v) is 14.4. The number of nitrogens with zero attached hydrogens (tertiary/aromatic N) is 1. The fourth-order valence-electron chi connectivity index (χ4n) is 2.95. The van der Waals surface area contributed by atoms with Gasteiger partial charge in [0, 0.05) is 42.5 Å². The molecule has 2 aliphatic rings. The van der Waals surface area contributed by atoms with Gasteiger partial charge in [-0.15, -0.1) is 12.4 Å². The van der Waals surface area contributed by atoms with Crippen molar-refractivity contribution in [2.24, 2.45) is 0 Å². The first-order valence-electron chi connectivity index (χ1n) is 8.25. The number of H-pyrrole nitrogens is 1. The third-order valence-electron chi connectivity index (χ3n) is 4.56. The summed E-state index contributed by atoms with van der Waals surface area (Å²) >= 11 is 0. The van der Waals surface area contributed by atoms with Gasteiger partial charge in [-0.25, -0.2) is 4.39 Å². The van der Waals surface area contributed by atoms with Crippen LogP contribution in [0.5, 0.6) is 5.75 Å². The second kappa shape index (κ2) is 7.41. The molecule has 3 N–H and O–H groups in total. The lowest BCUT2D eigenvalue weighted by Gasteiger charge is -2.26. The number of fused-ring (bicyclic) bond motifs is 1. The van der Waals surface area contributed by atoms with E-state index >= 15 is 0 Å². The number of carbonyl (C=O) groups excluding carboxylic acids is 1. The first-order valence-corrected chi connectivity index (χ1v) is 8.25. The molecule has 2 heterocycles. The quantitative estimate of drug-likeness (QED) is 0.777. The number of anilines is 1. The molecule has 0 atom stereocenters. The number of hydrogen-bond donors (Lipinski definition) is 3. The van der Waals surface area contributed by atoms with Crippen LogP contribution in [-0.2, 0) is 13.0 Å². The van der Waals surface area contributed by atoms with Crippen LogP contribution in [0.2, 0.25) is 0 Å². The second-order valence-electron chi connectivity index (χ2n) is 6.23. The van der Waals surface area contributed by atoms with Crippen molar-refractivity contribution < 1.29 is 13.9 Å². The van der Waals surface area contributed by atoms with E-state index in [1.807, 2.05) is 0 Å². The van der Waals surface area contributed by atoms with Crippen LogP contribution in [0.1, 0.15) is 41.0 Å². The molecular formula is C17H20ClFN4O2. The number of hydrogen-bond acceptors (Lipinski definition) is 4. The summed E-state index contributed by atoms with van der Waals surface area (Å²) in [6.07, 6.45) is 4.00. The zero-order valence-electron chi connectivity index (χ0n) is 13.6. The van der Waals surface area contributed by atoms with Gasteiger partial charge in [0.15, 0.2) is 17.3 Å². The highest BCUT2D eigenvalue weighted by Gasteiger charge is 2.23. The largest absolute Gasteiger partial charge is 0.487 e. The van der Waals surface area contributed by atoms with E-state index in [9.17, 15) is 9.18 Å². The smallest absolute Gasteiger partial charge is 0.276 e. The lowest BCUT2D eigenvalue weighted by molar-refractivity contribution is 0.102. The molecule has 1 saturated carbocycles. The van der Waals surface area contributed by atoms with Gasteiger partial charge in [0.05, 0.1) is 6.10 Å². The molecule has 0 radical (unpaired) electrons. The van der Waals surface area contributed by atoms with E-state index in [1.54, 1.807) is 12.1 Å². The highest BCUT2D eigenvalue weighted by molar-refractivity contribution is 6.04. The molecule has 0 saturated heterocycles. The van der Waals surface area contributed by atoms with Crippen molar-refractivity contribution in [3.63, 3.8) is 0 Å². The van der Waals surface area contributed by atoms with Crippen LogP contribution < -0.4 is 15.4 Å². The van der Waals surface area contributed by atoms with E-state index in [0.29, 0.717) is 17.9 Å².